The fourth-order valence-corrected chi connectivity index (χ4v) is 7.90. The van der Waals surface area contributed by atoms with Crippen molar-refractivity contribution in [1.29, 1.82) is 5.26 Å². The fraction of sp³-hybridized carbons (Fsp3) is 0.438. The van der Waals surface area contributed by atoms with Gasteiger partial charge in [0.2, 0.25) is 11.8 Å². The summed E-state index contributed by atoms with van der Waals surface area (Å²) in [6, 6.07) is 4.06. The second kappa shape index (κ2) is 11.7. The number of hydrogen-bond acceptors (Lipinski definition) is 12. The predicted octanol–water partition coefficient (Wildman–Crippen LogP) is 5.58. The molecule has 4 aromatic heterocycles. The summed E-state index contributed by atoms with van der Waals surface area (Å²) >= 11 is 1.59. The van der Waals surface area contributed by atoms with Crippen molar-refractivity contribution in [2.24, 2.45) is 10.4 Å². The first-order chi connectivity index (χ1) is 21.9. The van der Waals surface area contributed by atoms with Gasteiger partial charge < -0.3 is 23.7 Å². The molecule has 0 N–H and O–H groups in total. The molecule has 12 nitrogen and oxygen atoms in total. The Hall–Kier alpha value is -4.70. The molecule has 45 heavy (non-hydrogen) atoms. The van der Waals surface area contributed by atoms with Crippen molar-refractivity contribution in [2.45, 2.75) is 63.2 Å². The van der Waals surface area contributed by atoms with Crippen LogP contribution < -0.4 is 9.47 Å². The third-order valence-electron chi connectivity index (χ3n) is 8.98. The Morgan fingerprint density at radius 1 is 1.11 bits per heavy atom. The first-order valence-corrected chi connectivity index (χ1v) is 15.9. The molecule has 1 spiro atoms. The Bertz CT molecular complexity index is 1800. The van der Waals surface area contributed by atoms with Crippen LogP contribution in [0.1, 0.15) is 72.3 Å². The van der Waals surface area contributed by atoms with Crippen LogP contribution >= 0.6 is 11.3 Å². The zero-order chi connectivity index (χ0) is 31.0. The summed E-state index contributed by atoms with van der Waals surface area (Å²) in [5.41, 5.74) is 2.12. The lowest BCUT2D eigenvalue weighted by atomic mass is 9.63. The Labute approximate surface area is 264 Å². The summed E-state index contributed by atoms with van der Waals surface area (Å²) in [5.74, 6) is 1.98. The summed E-state index contributed by atoms with van der Waals surface area (Å²) in [4.78, 5) is 37.0. The predicted molar refractivity (Wildman–Crippen MR) is 165 cm³/mol. The molecule has 0 unspecified atom stereocenters. The molecule has 0 saturated heterocycles. The quantitative estimate of drug-likeness (QED) is 0.130. The van der Waals surface area contributed by atoms with Gasteiger partial charge in [0, 0.05) is 24.5 Å². The van der Waals surface area contributed by atoms with Crippen molar-refractivity contribution in [1.82, 2.24) is 30.0 Å². The van der Waals surface area contributed by atoms with Crippen LogP contribution in [0, 0.1) is 16.7 Å². The molecular weight excluding hydrogens is 592 g/mol. The van der Waals surface area contributed by atoms with Gasteiger partial charge in [0.25, 0.3) is 0 Å². The fourth-order valence-electron chi connectivity index (χ4n) is 6.68. The van der Waals surface area contributed by atoms with E-state index in [1.54, 1.807) is 23.7 Å². The van der Waals surface area contributed by atoms with Crippen molar-refractivity contribution in [3.8, 4) is 35.1 Å². The number of rotatable bonds is 9. The Kier molecular flexibility index (Phi) is 7.53. The highest BCUT2D eigenvalue weighted by atomic mass is 32.1. The summed E-state index contributed by atoms with van der Waals surface area (Å²) in [5, 5.41) is 15.6. The number of aryl methyl sites for hydroxylation is 1. The average Bonchev–Trinajstić information content (AvgIpc) is 3.63. The van der Waals surface area contributed by atoms with Gasteiger partial charge in [0.05, 0.1) is 41.2 Å². The normalized spacial score (nSPS) is 19.8. The number of nitriles is 1. The highest BCUT2D eigenvalue weighted by molar-refractivity contribution is 7.16. The maximum absolute atomic E-state index is 11.8. The van der Waals surface area contributed by atoms with Gasteiger partial charge in [-0.3, -0.25) is 0 Å². The van der Waals surface area contributed by atoms with Gasteiger partial charge in [0.1, 0.15) is 30.3 Å². The summed E-state index contributed by atoms with van der Waals surface area (Å²) < 4.78 is 18.3. The van der Waals surface area contributed by atoms with Crippen molar-refractivity contribution in [3.63, 3.8) is 0 Å². The van der Waals surface area contributed by atoms with E-state index in [4.69, 9.17) is 24.0 Å². The van der Waals surface area contributed by atoms with E-state index < -0.39 is 10.8 Å². The molecule has 0 amide bonds. The van der Waals surface area contributed by atoms with Crippen molar-refractivity contribution in [3.05, 3.63) is 52.1 Å². The molecule has 0 bridgehead atoms. The largest absolute Gasteiger partial charge is 0.476 e. The van der Waals surface area contributed by atoms with E-state index in [2.05, 4.69) is 26.2 Å². The Morgan fingerprint density at radius 3 is 2.60 bits per heavy atom. The smallest absolute Gasteiger partial charge is 0.226 e. The van der Waals surface area contributed by atoms with Crippen molar-refractivity contribution in [2.75, 3.05) is 20.7 Å². The lowest BCUT2D eigenvalue weighted by Gasteiger charge is -2.39. The molecule has 4 heterocycles. The number of fused-ring (bicyclic) bond motifs is 4. The molecule has 3 aliphatic rings. The van der Waals surface area contributed by atoms with Crippen molar-refractivity contribution < 1.29 is 18.8 Å². The van der Waals surface area contributed by atoms with Gasteiger partial charge in [-0.1, -0.05) is 11.6 Å². The summed E-state index contributed by atoms with van der Waals surface area (Å²) in [6.07, 6.45) is 15.0. The van der Waals surface area contributed by atoms with E-state index in [1.165, 1.54) is 23.6 Å². The molecule has 0 aromatic carbocycles. The highest BCUT2D eigenvalue weighted by Crippen LogP contribution is 2.56. The van der Waals surface area contributed by atoms with Crippen LogP contribution in [0.2, 0.25) is 0 Å². The van der Waals surface area contributed by atoms with E-state index >= 15 is 0 Å². The number of aliphatic imine (C=N–C) groups is 1. The highest BCUT2D eigenvalue weighted by Gasteiger charge is 2.49. The minimum Gasteiger partial charge on any atom is -0.476 e. The number of ether oxygens (including phenoxy) is 2. The minimum atomic E-state index is -0.494. The molecule has 230 valence electrons. The molecule has 4 aromatic rings. The molecule has 0 aliphatic heterocycles. The van der Waals surface area contributed by atoms with Crippen LogP contribution in [0.25, 0.3) is 11.5 Å². The molecule has 0 radical (unpaired) electrons. The Morgan fingerprint density at radius 2 is 1.89 bits per heavy atom. The van der Waals surface area contributed by atoms with E-state index in [1.807, 2.05) is 19.0 Å². The molecule has 1 atom stereocenters. The summed E-state index contributed by atoms with van der Waals surface area (Å²) in [7, 11) is 3.82. The van der Waals surface area contributed by atoms with E-state index in [9.17, 15) is 10.1 Å². The number of carbonyl (C=O) groups excluding carboxylic acids is 1. The average molecular weight is 625 g/mol. The van der Waals surface area contributed by atoms with Crippen LogP contribution in [0.15, 0.2) is 34.3 Å². The third kappa shape index (κ3) is 5.22. The van der Waals surface area contributed by atoms with Gasteiger partial charge in [-0.2, -0.15) is 15.2 Å². The number of carbonyl (C=O) groups is 1. The zero-order valence-electron chi connectivity index (χ0n) is 25.2. The molecule has 3 aliphatic carbocycles. The van der Waals surface area contributed by atoms with Gasteiger partial charge in [-0.15, -0.1) is 11.3 Å². The van der Waals surface area contributed by atoms with Crippen LogP contribution in [-0.2, 0) is 23.1 Å². The molecule has 13 heteroatoms. The van der Waals surface area contributed by atoms with E-state index in [0.29, 0.717) is 22.8 Å². The zero-order valence-corrected chi connectivity index (χ0v) is 26.0. The van der Waals surface area contributed by atoms with Crippen LogP contribution in [0.3, 0.4) is 0 Å². The number of aldehydes is 1. The summed E-state index contributed by atoms with van der Waals surface area (Å²) in [6.45, 7) is 0.220. The maximum Gasteiger partial charge on any atom is 0.226 e. The third-order valence-corrected chi connectivity index (χ3v) is 10.1. The van der Waals surface area contributed by atoms with Crippen LogP contribution in [0.4, 0.5) is 5.00 Å². The monoisotopic (exact) mass is 624 g/mol. The standard InChI is InChI=1S/C32H32N8O4S/c1-40(2)19-36-30-22(13-33)26-23(45-30)7-4-11-32(26)10-3-6-21-27(39-44-28(21)32)29-37-24(42-17-31(16-41)8-5-9-31)12-25(38-29)43-20-14-34-18-35-15-20/h12,14-16,18-19H,3-11,17H2,1-2H3/t32-/m0/s1. The molecular formula is C32H32N8O4S. The van der Waals surface area contributed by atoms with Crippen LogP contribution in [0.5, 0.6) is 17.5 Å². The van der Waals surface area contributed by atoms with Gasteiger partial charge in [-0.25, -0.2) is 15.0 Å². The Balaban J connectivity index is 1.30. The number of hydrogen-bond donors (Lipinski definition) is 0. The van der Waals surface area contributed by atoms with Gasteiger partial charge in [-0.05, 0) is 56.9 Å². The van der Waals surface area contributed by atoms with E-state index in [-0.39, 0.29) is 18.4 Å². The minimum absolute atomic E-state index is 0.220. The topological polar surface area (TPSA) is 153 Å². The van der Waals surface area contributed by atoms with E-state index in [0.717, 1.165) is 86.0 Å². The molecule has 1 fully saturated rings. The van der Waals surface area contributed by atoms with Gasteiger partial charge in [0.15, 0.2) is 23.0 Å². The van der Waals surface area contributed by atoms with Gasteiger partial charge >= 0.3 is 0 Å². The first kappa shape index (κ1) is 29.0. The van der Waals surface area contributed by atoms with Crippen LogP contribution in [-0.4, -0.2) is 63.3 Å². The number of nitrogens with zero attached hydrogens (tertiary/aromatic N) is 8. The number of aromatic nitrogens is 5. The molecule has 7 rings (SSSR count). The molecule has 1 saturated carbocycles. The second-order valence-corrected chi connectivity index (χ2v) is 13.3. The lowest BCUT2D eigenvalue weighted by Crippen LogP contribution is -2.37. The van der Waals surface area contributed by atoms with Crippen molar-refractivity contribution >= 4 is 29.0 Å². The lowest BCUT2D eigenvalue weighted by molar-refractivity contribution is -0.122. The SMILES string of the molecule is CN(C)C=Nc1sc2c(c1C#N)[C@@]1(CCC2)CCCc2c(-c3nc(OCC4(C=O)CCC4)cc(Oc4cncnc4)n3)noc21. The number of thiophene rings is 1. The first-order valence-electron chi connectivity index (χ1n) is 15.1. The maximum atomic E-state index is 11.8. The second-order valence-electron chi connectivity index (χ2n) is 12.2.